The number of aryl methyl sites for hydroxylation is 1. The van der Waals surface area contributed by atoms with Gasteiger partial charge in [-0.2, -0.15) is 0 Å². The van der Waals surface area contributed by atoms with Crippen molar-refractivity contribution in [3.05, 3.63) is 39.4 Å². The number of rotatable bonds is 3. The van der Waals surface area contributed by atoms with Gasteiger partial charge in [-0.25, -0.2) is 0 Å². The Morgan fingerprint density at radius 2 is 2.20 bits per heavy atom. The molecule has 15 heavy (non-hydrogen) atoms. The van der Waals surface area contributed by atoms with Crippen molar-refractivity contribution in [3.8, 4) is 0 Å². The zero-order valence-electron chi connectivity index (χ0n) is 8.52. The number of hydrogen-bond acceptors (Lipinski definition) is 4. The Kier molecular flexibility index (Phi) is 3.38. The number of ether oxygens (including phenoxy) is 1. The molecule has 0 radical (unpaired) electrons. The first-order valence-corrected chi connectivity index (χ1v) is 4.38. The number of nitrogens with zero attached hydrogens (tertiary/aromatic N) is 1. The van der Waals surface area contributed by atoms with Gasteiger partial charge in [0, 0.05) is 13.0 Å². The Morgan fingerprint density at radius 1 is 1.53 bits per heavy atom. The maximum absolute atomic E-state index is 10.7. The summed E-state index contributed by atoms with van der Waals surface area (Å²) in [6.07, 6.45) is 0. The van der Waals surface area contributed by atoms with Crippen LogP contribution in [0.3, 0.4) is 0 Å². The van der Waals surface area contributed by atoms with Crippen LogP contribution in [-0.2, 0) is 16.1 Å². The molecule has 0 saturated carbocycles. The standard InChI is InChI=1S/C10H11NO4/c1-7-3-4-9(6-15-8(2)12)10(5-7)11(13)14/h3-5H,6H2,1-2H3. The van der Waals surface area contributed by atoms with E-state index in [9.17, 15) is 14.9 Å². The van der Waals surface area contributed by atoms with Gasteiger partial charge in [0.25, 0.3) is 5.69 Å². The Bertz CT molecular complexity index is 400. The number of nitro benzene ring substituents is 1. The summed E-state index contributed by atoms with van der Waals surface area (Å²) < 4.78 is 4.72. The van der Waals surface area contributed by atoms with Crippen LogP contribution in [0.25, 0.3) is 0 Å². The lowest BCUT2D eigenvalue weighted by atomic mass is 10.1. The van der Waals surface area contributed by atoms with Crippen molar-refractivity contribution >= 4 is 11.7 Å². The number of benzene rings is 1. The summed E-state index contributed by atoms with van der Waals surface area (Å²) in [5, 5.41) is 10.7. The van der Waals surface area contributed by atoms with Gasteiger partial charge >= 0.3 is 5.97 Å². The molecule has 0 saturated heterocycles. The van der Waals surface area contributed by atoms with Gasteiger partial charge in [0.1, 0.15) is 6.61 Å². The van der Waals surface area contributed by atoms with Crippen LogP contribution in [-0.4, -0.2) is 10.9 Å². The highest BCUT2D eigenvalue weighted by atomic mass is 16.6. The molecule has 0 aliphatic rings. The van der Waals surface area contributed by atoms with Gasteiger partial charge in [-0.05, 0) is 18.6 Å². The molecule has 0 aliphatic carbocycles. The monoisotopic (exact) mass is 209 g/mol. The summed E-state index contributed by atoms with van der Waals surface area (Å²) in [5.74, 6) is -0.454. The zero-order valence-corrected chi connectivity index (χ0v) is 8.52. The van der Waals surface area contributed by atoms with Crippen molar-refractivity contribution in [2.24, 2.45) is 0 Å². The summed E-state index contributed by atoms with van der Waals surface area (Å²) in [6.45, 7) is 2.97. The maximum atomic E-state index is 10.7. The van der Waals surface area contributed by atoms with E-state index in [1.165, 1.54) is 13.0 Å². The number of carbonyl (C=O) groups excluding carboxylic acids is 1. The first-order valence-electron chi connectivity index (χ1n) is 4.38. The molecule has 5 nitrogen and oxygen atoms in total. The lowest BCUT2D eigenvalue weighted by Gasteiger charge is -2.03. The second-order valence-electron chi connectivity index (χ2n) is 3.17. The summed E-state index contributed by atoms with van der Waals surface area (Å²) in [5.41, 5.74) is 1.19. The molecule has 0 N–H and O–H groups in total. The fraction of sp³-hybridized carbons (Fsp3) is 0.300. The van der Waals surface area contributed by atoms with E-state index in [-0.39, 0.29) is 12.3 Å². The maximum Gasteiger partial charge on any atom is 0.302 e. The van der Waals surface area contributed by atoms with Crippen LogP contribution in [0.5, 0.6) is 0 Å². The molecule has 5 heteroatoms. The van der Waals surface area contributed by atoms with Gasteiger partial charge in [0.15, 0.2) is 0 Å². The molecule has 0 fully saturated rings. The van der Waals surface area contributed by atoms with Crippen molar-refractivity contribution in [2.45, 2.75) is 20.5 Å². The van der Waals surface area contributed by atoms with E-state index < -0.39 is 10.9 Å². The number of nitro groups is 1. The van der Waals surface area contributed by atoms with Crippen molar-refractivity contribution in [1.29, 1.82) is 0 Å². The van der Waals surface area contributed by atoms with Crippen LogP contribution in [0.2, 0.25) is 0 Å². The molecule has 0 heterocycles. The van der Waals surface area contributed by atoms with Crippen molar-refractivity contribution in [2.75, 3.05) is 0 Å². The van der Waals surface area contributed by atoms with Gasteiger partial charge in [-0.1, -0.05) is 6.07 Å². The van der Waals surface area contributed by atoms with E-state index in [0.29, 0.717) is 5.56 Å². The predicted octanol–water partition coefficient (Wildman–Crippen LogP) is 1.97. The largest absolute Gasteiger partial charge is 0.461 e. The average Bonchev–Trinajstić information content (AvgIpc) is 2.15. The van der Waals surface area contributed by atoms with E-state index in [1.54, 1.807) is 19.1 Å². The minimum Gasteiger partial charge on any atom is -0.461 e. The fourth-order valence-corrected chi connectivity index (χ4v) is 1.15. The van der Waals surface area contributed by atoms with Gasteiger partial charge < -0.3 is 4.74 Å². The second-order valence-corrected chi connectivity index (χ2v) is 3.17. The molecular weight excluding hydrogens is 198 g/mol. The Balaban J connectivity index is 2.95. The normalized spacial score (nSPS) is 9.73. The van der Waals surface area contributed by atoms with Crippen molar-refractivity contribution < 1.29 is 14.5 Å². The molecule has 80 valence electrons. The third-order valence-electron chi connectivity index (χ3n) is 1.87. The van der Waals surface area contributed by atoms with Crippen LogP contribution >= 0.6 is 0 Å². The van der Waals surface area contributed by atoms with Crippen LogP contribution < -0.4 is 0 Å². The van der Waals surface area contributed by atoms with Crippen LogP contribution in [0, 0.1) is 17.0 Å². The second kappa shape index (κ2) is 4.54. The SMILES string of the molecule is CC(=O)OCc1ccc(C)cc1[N+](=O)[O-]. The van der Waals surface area contributed by atoms with Crippen molar-refractivity contribution in [3.63, 3.8) is 0 Å². The molecular formula is C10H11NO4. The van der Waals surface area contributed by atoms with Gasteiger partial charge in [0.05, 0.1) is 10.5 Å². The molecule has 1 rings (SSSR count). The lowest BCUT2D eigenvalue weighted by Crippen LogP contribution is -2.02. The minimum atomic E-state index is -0.480. The Hall–Kier alpha value is -1.91. The van der Waals surface area contributed by atoms with E-state index >= 15 is 0 Å². The van der Waals surface area contributed by atoms with Crippen LogP contribution in [0.4, 0.5) is 5.69 Å². The third-order valence-corrected chi connectivity index (χ3v) is 1.87. The first-order chi connectivity index (χ1) is 7.00. The highest BCUT2D eigenvalue weighted by molar-refractivity contribution is 5.66. The number of esters is 1. The summed E-state index contributed by atoms with van der Waals surface area (Å²) in [6, 6.07) is 4.79. The van der Waals surface area contributed by atoms with E-state index in [4.69, 9.17) is 4.74 Å². The molecule has 1 aromatic rings. The summed E-state index contributed by atoms with van der Waals surface area (Å²) in [4.78, 5) is 20.8. The molecule has 0 amide bonds. The molecule has 0 unspecified atom stereocenters. The topological polar surface area (TPSA) is 69.4 Å². The molecule has 0 spiro atoms. The fourth-order valence-electron chi connectivity index (χ4n) is 1.15. The molecule has 1 aromatic carbocycles. The number of hydrogen-bond donors (Lipinski definition) is 0. The van der Waals surface area contributed by atoms with E-state index in [2.05, 4.69) is 0 Å². The highest BCUT2D eigenvalue weighted by Gasteiger charge is 2.14. The highest BCUT2D eigenvalue weighted by Crippen LogP contribution is 2.20. The third kappa shape index (κ3) is 3.05. The number of carbonyl (C=O) groups is 1. The van der Waals surface area contributed by atoms with Gasteiger partial charge in [0.2, 0.25) is 0 Å². The molecule has 0 atom stereocenters. The van der Waals surface area contributed by atoms with Gasteiger partial charge in [-0.15, -0.1) is 0 Å². The Morgan fingerprint density at radius 3 is 2.73 bits per heavy atom. The minimum absolute atomic E-state index is 0.0174. The smallest absolute Gasteiger partial charge is 0.302 e. The van der Waals surface area contributed by atoms with Crippen LogP contribution in [0.1, 0.15) is 18.1 Å². The zero-order chi connectivity index (χ0) is 11.4. The quantitative estimate of drug-likeness (QED) is 0.433. The first kappa shape index (κ1) is 11.2. The van der Waals surface area contributed by atoms with E-state index in [1.807, 2.05) is 0 Å². The van der Waals surface area contributed by atoms with Crippen LogP contribution in [0.15, 0.2) is 18.2 Å². The van der Waals surface area contributed by atoms with E-state index in [0.717, 1.165) is 5.56 Å². The predicted molar refractivity (Wildman–Crippen MR) is 53.3 cm³/mol. The summed E-state index contributed by atoms with van der Waals surface area (Å²) >= 11 is 0. The average molecular weight is 209 g/mol. The summed E-state index contributed by atoms with van der Waals surface area (Å²) in [7, 11) is 0. The Labute approximate surface area is 86.8 Å². The van der Waals surface area contributed by atoms with Gasteiger partial charge in [-0.3, -0.25) is 14.9 Å². The molecule has 0 bridgehead atoms. The van der Waals surface area contributed by atoms with Crippen molar-refractivity contribution in [1.82, 2.24) is 0 Å². The lowest BCUT2D eigenvalue weighted by molar-refractivity contribution is -0.385. The molecule has 0 aromatic heterocycles. The molecule has 0 aliphatic heterocycles.